The summed E-state index contributed by atoms with van der Waals surface area (Å²) >= 11 is 0. The smallest absolute Gasteiger partial charge is 0.258 e. The third-order valence-electron chi connectivity index (χ3n) is 3.07. The van der Waals surface area contributed by atoms with E-state index in [1.54, 1.807) is 0 Å². The fourth-order valence-corrected chi connectivity index (χ4v) is 2.02. The highest BCUT2D eigenvalue weighted by molar-refractivity contribution is 5.78. The second-order valence-corrected chi connectivity index (χ2v) is 4.43. The SMILES string of the molecule is O=[N+]([O-])c1ccc(-c2ccc([N+](=O)[O-])c([N+](=O)[O-])c2)c([N+](=O)[O-])c1. The van der Waals surface area contributed by atoms with E-state index >= 15 is 0 Å². The van der Waals surface area contributed by atoms with E-state index < -0.39 is 42.4 Å². The number of nitrogens with zero attached hydrogens (tertiary/aromatic N) is 4. The summed E-state index contributed by atoms with van der Waals surface area (Å²) in [7, 11) is 0. The molecule has 0 radical (unpaired) electrons. The molecule has 2 rings (SSSR count). The first-order chi connectivity index (χ1) is 11.2. The Labute approximate surface area is 131 Å². The fourth-order valence-electron chi connectivity index (χ4n) is 2.02. The third kappa shape index (κ3) is 2.96. The van der Waals surface area contributed by atoms with E-state index in [-0.39, 0.29) is 11.1 Å². The Hall–Kier alpha value is -3.96. The minimum Gasteiger partial charge on any atom is -0.258 e. The number of hydrogen-bond donors (Lipinski definition) is 0. The van der Waals surface area contributed by atoms with Crippen LogP contribution in [0.15, 0.2) is 36.4 Å². The molecule has 0 N–H and O–H groups in total. The highest BCUT2D eigenvalue weighted by Gasteiger charge is 2.27. The zero-order valence-corrected chi connectivity index (χ0v) is 11.5. The Balaban J connectivity index is 2.70. The highest BCUT2D eigenvalue weighted by Crippen LogP contribution is 2.37. The van der Waals surface area contributed by atoms with Crippen molar-refractivity contribution in [1.29, 1.82) is 0 Å². The lowest BCUT2D eigenvalue weighted by molar-refractivity contribution is -0.422. The first-order valence-electron chi connectivity index (χ1n) is 6.08. The lowest BCUT2D eigenvalue weighted by atomic mass is 10.0. The third-order valence-corrected chi connectivity index (χ3v) is 3.07. The van der Waals surface area contributed by atoms with Crippen molar-refractivity contribution in [3.63, 3.8) is 0 Å². The van der Waals surface area contributed by atoms with Crippen molar-refractivity contribution in [3.05, 3.63) is 76.9 Å². The Kier molecular flexibility index (Phi) is 4.13. The van der Waals surface area contributed by atoms with Gasteiger partial charge in [-0.3, -0.25) is 40.5 Å². The number of rotatable bonds is 5. The number of nitro benzene ring substituents is 4. The van der Waals surface area contributed by atoms with Crippen LogP contribution in [0.4, 0.5) is 22.7 Å². The van der Waals surface area contributed by atoms with Gasteiger partial charge in [0.1, 0.15) is 0 Å². The van der Waals surface area contributed by atoms with Gasteiger partial charge in [0.15, 0.2) is 0 Å². The second kappa shape index (κ2) is 6.04. The van der Waals surface area contributed by atoms with Crippen molar-refractivity contribution in [2.75, 3.05) is 0 Å². The van der Waals surface area contributed by atoms with Crippen molar-refractivity contribution in [3.8, 4) is 11.1 Å². The van der Waals surface area contributed by atoms with Gasteiger partial charge in [-0.25, -0.2) is 0 Å². The first-order valence-corrected chi connectivity index (χ1v) is 6.08. The molecule has 0 unspecified atom stereocenters. The minimum absolute atomic E-state index is 0.0473. The molecule has 24 heavy (non-hydrogen) atoms. The molecule has 0 aromatic heterocycles. The van der Waals surface area contributed by atoms with Crippen molar-refractivity contribution in [2.45, 2.75) is 0 Å². The van der Waals surface area contributed by atoms with Crippen LogP contribution in [0, 0.1) is 40.5 Å². The van der Waals surface area contributed by atoms with Crippen LogP contribution in [-0.4, -0.2) is 19.7 Å². The molecule has 0 spiro atoms. The molecule has 0 saturated heterocycles. The molecule has 0 aliphatic carbocycles. The van der Waals surface area contributed by atoms with Gasteiger partial charge >= 0.3 is 11.4 Å². The van der Waals surface area contributed by atoms with Crippen LogP contribution < -0.4 is 0 Å². The lowest BCUT2D eigenvalue weighted by Crippen LogP contribution is -1.98. The van der Waals surface area contributed by atoms with Gasteiger partial charge < -0.3 is 0 Å². The molecule has 0 atom stereocenters. The van der Waals surface area contributed by atoms with Gasteiger partial charge in [0.2, 0.25) is 0 Å². The standard InChI is InChI=1S/C12H6N4O8/c17-13(18)8-2-3-9(11(6-8)15(21)22)7-1-4-10(14(19)20)12(5-7)16(23)24/h1-6H. The van der Waals surface area contributed by atoms with E-state index in [4.69, 9.17) is 0 Å². The molecule has 0 saturated carbocycles. The molecule has 0 fully saturated rings. The highest BCUT2D eigenvalue weighted by atomic mass is 16.6. The van der Waals surface area contributed by atoms with Crippen molar-refractivity contribution in [1.82, 2.24) is 0 Å². The average molecular weight is 334 g/mol. The Morgan fingerprint density at radius 1 is 0.583 bits per heavy atom. The molecule has 12 heteroatoms. The molecule has 0 heterocycles. The molecule has 2 aromatic rings. The Morgan fingerprint density at radius 3 is 1.67 bits per heavy atom. The summed E-state index contributed by atoms with van der Waals surface area (Å²) in [6.07, 6.45) is 0. The molecule has 12 nitrogen and oxygen atoms in total. The summed E-state index contributed by atoms with van der Waals surface area (Å²) in [6.45, 7) is 0. The monoisotopic (exact) mass is 334 g/mol. The number of non-ortho nitro benzene ring substituents is 1. The van der Waals surface area contributed by atoms with E-state index in [1.165, 1.54) is 0 Å². The van der Waals surface area contributed by atoms with Gasteiger partial charge in [0.25, 0.3) is 11.4 Å². The van der Waals surface area contributed by atoms with E-state index in [1.807, 2.05) is 0 Å². The van der Waals surface area contributed by atoms with Gasteiger partial charge in [0.05, 0.1) is 31.3 Å². The molecule has 122 valence electrons. The van der Waals surface area contributed by atoms with E-state index in [0.29, 0.717) is 6.07 Å². The summed E-state index contributed by atoms with van der Waals surface area (Å²) in [4.78, 5) is 39.9. The molecule has 2 aromatic carbocycles. The molecular formula is C12H6N4O8. The molecule has 0 aliphatic heterocycles. The second-order valence-electron chi connectivity index (χ2n) is 4.43. The predicted octanol–water partition coefficient (Wildman–Crippen LogP) is 2.99. The van der Waals surface area contributed by atoms with Crippen LogP contribution in [0.2, 0.25) is 0 Å². The van der Waals surface area contributed by atoms with E-state index in [2.05, 4.69) is 0 Å². The van der Waals surface area contributed by atoms with Gasteiger partial charge in [0, 0.05) is 18.2 Å². The molecule has 0 aliphatic rings. The molecule has 0 bridgehead atoms. The maximum Gasteiger partial charge on any atom is 0.346 e. The van der Waals surface area contributed by atoms with Crippen molar-refractivity contribution >= 4 is 22.7 Å². The van der Waals surface area contributed by atoms with Crippen LogP contribution in [0.5, 0.6) is 0 Å². The summed E-state index contributed by atoms with van der Waals surface area (Å²) in [5.41, 5.74) is -2.97. The lowest BCUT2D eigenvalue weighted by Gasteiger charge is -2.04. The van der Waals surface area contributed by atoms with Crippen LogP contribution in [-0.2, 0) is 0 Å². The zero-order chi connectivity index (χ0) is 18.0. The van der Waals surface area contributed by atoms with E-state index in [9.17, 15) is 40.5 Å². The van der Waals surface area contributed by atoms with Crippen LogP contribution >= 0.6 is 0 Å². The van der Waals surface area contributed by atoms with Gasteiger partial charge in [-0.1, -0.05) is 0 Å². The van der Waals surface area contributed by atoms with Gasteiger partial charge in [-0.15, -0.1) is 0 Å². The number of nitro groups is 4. The minimum atomic E-state index is -0.987. The zero-order valence-electron chi connectivity index (χ0n) is 11.5. The summed E-state index contributed by atoms with van der Waals surface area (Å²) < 4.78 is 0. The topological polar surface area (TPSA) is 173 Å². The van der Waals surface area contributed by atoms with Crippen LogP contribution in [0.3, 0.4) is 0 Å². The summed E-state index contributed by atoms with van der Waals surface area (Å²) in [6, 6.07) is 5.52. The summed E-state index contributed by atoms with van der Waals surface area (Å²) in [5, 5.41) is 43.5. The quantitative estimate of drug-likeness (QED) is 0.592. The average Bonchev–Trinajstić information content (AvgIpc) is 2.53. The Bertz CT molecular complexity index is 895. The normalized spacial score (nSPS) is 10.2. The van der Waals surface area contributed by atoms with Crippen LogP contribution in [0.1, 0.15) is 0 Å². The fraction of sp³-hybridized carbons (Fsp3) is 0. The predicted molar refractivity (Wildman–Crippen MR) is 78.5 cm³/mol. The van der Waals surface area contributed by atoms with Gasteiger partial charge in [-0.05, 0) is 17.7 Å². The summed E-state index contributed by atoms with van der Waals surface area (Å²) in [5.74, 6) is 0. The van der Waals surface area contributed by atoms with Gasteiger partial charge in [-0.2, -0.15) is 0 Å². The largest absolute Gasteiger partial charge is 0.346 e. The molecule has 0 amide bonds. The van der Waals surface area contributed by atoms with E-state index in [0.717, 1.165) is 30.3 Å². The maximum absolute atomic E-state index is 11.1. The van der Waals surface area contributed by atoms with Crippen molar-refractivity contribution < 1.29 is 19.7 Å². The maximum atomic E-state index is 11.1. The Morgan fingerprint density at radius 2 is 1.17 bits per heavy atom. The first kappa shape index (κ1) is 16.4. The number of benzene rings is 2. The molecular weight excluding hydrogens is 328 g/mol. The van der Waals surface area contributed by atoms with Crippen molar-refractivity contribution in [2.24, 2.45) is 0 Å². The van der Waals surface area contributed by atoms with Crippen LogP contribution in [0.25, 0.3) is 11.1 Å². The number of hydrogen-bond acceptors (Lipinski definition) is 8.